The first-order valence-corrected chi connectivity index (χ1v) is 6.21. The molecule has 7 heteroatoms. The largest absolute Gasteiger partial charge is 0.435 e. The van der Waals surface area contributed by atoms with E-state index in [-0.39, 0.29) is 23.6 Å². The lowest BCUT2D eigenvalue weighted by Gasteiger charge is -2.16. The summed E-state index contributed by atoms with van der Waals surface area (Å²) in [5, 5.41) is 5.75. The smallest absolute Gasteiger partial charge is 0.387 e. The second-order valence-corrected chi connectivity index (χ2v) is 4.43. The molecule has 0 aliphatic carbocycles. The standard InChI is InChI=1S/C13H16F2N2O3/c1-16-11-7-19-6-10(11)12(18)17-8-2-4-9(5-3-8)20-13(14)15/h2-5,10-11,13,16H,6-7H2,1H3,(H,17,18). The molecule has 110 valence electrons. The number of rotatable bonds is 5. The lowest BCUT2D eigenvalue weighted by Crippen LogP contribution is -2.39. The van der Waals surface area contributed by atoms with Gasteiger partial charge >= 0.3 is 6.61 Å². The second kappa shape index (κ2) is 6.62. The van der Waals surface area contributed by atoms with Gasteiger partial charge in [0.15, 0.2) is 0 Å². The Balaban J connectivity index is 1.94. The van der Waals surface area contributed by atoms with Crippen molar-refractivity contribution in [3.05, 3.63) is 24.3 Å². The Morgan fingerprint density at radius 3 is 2.65 bits per heavy atom. The maximum absolute atomic E-state index is 12.1. The van der Waals surface area contributed by atoms with Gasteiger partial charge in [0.1, 0.15) is 5.75 Å². The first-order chi connectivity index (χ1) is 9.60. The number of carbonyl (C=O) groups excluding carboxylic acids is 1. The molecule has 0 aromatic heterocycles. The SMILES string of the molecule is CNC1COCC1C(=O)Nc1ccc(OC(F)F)cc1. The van der Waals surface area contributed by atoms with E-state index in [1.807, 2.05) is 0 Å². The summed E-state index contributed by atoms with van der Waals surface area (Å²) in [6.45, 7) is -2.00. The molecule has 5 nitrogen and oxygen atoms in total. The number of nitrogens with one attached hydrogen (secondary N) is 2. The molecule has 1 saturated heterocycles. The van der Waals surface area contributed by atoms with Crippen LogP contribution in [-0.2, 0) is 9.53 Å². The summed E-state index contributed by atoms with van der Waals surface area (Å²) in [4.78, 5) is 12.1. The van der Waals surface area contributed by atoms with E-state index in [9.17, 15) is 13.6 Å². The number of carbonyl (C=O) groups is 1. The first kappa shape index (κ1) is 14.7. The van der Waals surface area contributed by atoms with Gasteiger partial charge in [-0.2, -0.15) is 8.78 Å². The van der Waals surface area contributed by atoms with Crippen molar-refractivity contribution in [1.82, 2.24) is 5.32 Å². The average molecular weight is 286 g/mol. The molecule has 1 aliphatic heterocycles. The normalized spacial score (nSPS) is 22.0. The maximum atomic E-state index is 12.1. The van der Waals surface area contributed by atoms with Gasteiger partial charge in [0.05, 0.1) is 19.1 Å². The van der Waals surface area contributed by atoms with Gasteiger partial charge < -0.3 is 20.1 Å². The monoisotopic (exact) mass is 286 g/mol. The Labute approximate surface area is 115 Å². The van der Waals surface area contributed by atoms with E-state index in [1.165, 1.54) is 24.3 Å². The van der Waals surface area contributed by atoms with E-state index < -0.39 is 6.61 Å². The Bertz CT molecular complexity index is 453. The van der Waals surface area contributed by atoms with Crippen molar-refractivity contribution in [1.29, 1.82) is 0 Å². The van der Waals surface area contributed by atoms with E-state index >= 15 is 0 Å². The van der Waals surface area contributed by atoms with Crippen LogP contribution < -0.4 is 15.4 Å². The molecule has 2 rings (SSSR count). The fraction of sp³-hybridized carbons (Fsp3) is 0.462. The molecule has 2 unspecified atom stereocenters. The number of benzene rings is 1. The first-order valence-electron chi connectivity index (χ1n) is 6.21. The second-order valence-electron chi connectivity index (χ2n) is 4.43. The summed E-state index contributed by atoms with van der Waals surface area (Å²) in [7, 11) is 1.77. The third kappa shape index (κ3) is 3.64. The Morgan fingerprint density at radius 1 is 1.35 bits per heavy atom. The fourth-order valence-electron chi connectivity index (χ4n) is 2.05. The van der Waals surface area contributed by atoms with E-state index in [0.717, 1.165) is 0 Å². The van der Waals surface area contributed by atoms with Crippen LogP contribution in [0.4, 0.5) is 14.5 Å². The van der Waals surface area contributed by atoms with Crippen molar-refractivity contribution in [2.24, 2.45) is 5.92 Å². The van der Waals surface area contributed by atoms with Crippen LogP contribution in [-0.4, -0.2) is 38.8 Å². The number of amides is 1. The minimum Gasteiger partial charge on any atom is -0.435 e. The quantitative estimate of drug-likeness (QED) is 0.860. The topological polar surface area (TPSA) is 59.6 Å². The molecule has 0 bridgehead atoms. The van der Waals surface area contributed by atoms with Crippen LogP contribution in [0.25, 0.3) is 0 Å². The highest BCUT2D eigenvalue weighted by molar-refractivity contribution is 5.93. The number of halogens is 2. The molecule has 1 aromatic rings. The lowest BCUT2D eigenvalue weighted by molar-refractivity contribution is -0.120. The van der Waals surface area contributed by atoms with E-state index in [4.69, 9.17) is 4.74 Å². The molecule has 1 amide bonds. The van der Waals surface area contributed by atoms with Gasteiger partial charge in [0.25, 0.3) is 0 Å². The predicted molar refractivity (Wildman–Crippen MR) is 68.9 cm³/mol. The van der Waals surface area contributed by atoms with Crippen molar-refractivity contribution < 1.29 is 23.0 Å². The zero-order chi connectivity index (χ0) is 14.5. The minimum absolute atomic E-state index is 0.0172. The van der Waals surface area contributed by atoms with Crippen molar-refractivity contribution in [3.8, 4) is 5.75 Å². The van der Waals surface area contributed by atoms with Crippen LogP contribution >= 0.6 is 0 Å². The van der Waals surface area contributed by atoms with Gasteiger partial charge in [0.2, 0.25) is 5.91 Å². The molecule has 1 fully saturated rings. The Hall–Kier alpha value is -1.73. The summed E-state index contributed by atoms with van der Waals surface area (Å²) >= 11 is 0. The van der Waals surface area contributed by atoms with Crippen molar-refractivity contribution in [3.63, 3.8) is 0 Å². The molecule has 1 heterocycles. The van der Waals surface area contributed by atoms with Crippen molar-refractivity contribution in [2.75, 3.05) is 25.6 Å². The third-order valence-electron chi connectivity index (χ3n) is 3.14. The highest BCUT2D eigenvalue weighted by Gasteiger charge is 2.32. The zero-order valence-electron chi connectivity index (χ0n) is 10.9. The number of hydrogen-bond acceptors (Lipinski definition) is 4. The number of ether oxygens (including phenoxy) is 2. The summed E-state index contributed by atoms with van der Waals surface area (Å²) in [5.41, 5.74) is 0.526. The molecular formula is C13H16F2N2O3. The maximum Gasteiger partial charge on any atom is 0.387 e. The molecule has 1 aliphatic rings. The average Bonchev–Trinajstić information content (AvgIpc) is 2.89. The molecule has 1 aromatic carbocycles. The number of hydrogen-bond donors (Lipinski definition) is 2. The van der Waals surface area contributed by atoms with E-state index in [1.54, 1.807) is 7.05 Å². The molecule has 0 saturated carbocycles. The summed E-state index contributed by atoms with van der Waals surface area (Å²) in [5.74, 6) is -0.378. The minimum atomic E-state index is -2.86. The van der Waals surface area contributed by atoms with Gasteiger partial charge in [-0.1, -0.05) is 0 Å². The molecule has 0 radical (unpaired) electrons. The summed E-state index contributed by atoms with van der Waals surface area (Å²) < 4.78 is 33.5. The number of alkyl halides is 2. The van der Waals surface area contributed by atoms with Gasteiger partial charge in [-0.25, -0.2) is 0 Å². The van der Waals surface area contributed by atoms with Crippen molar-refractivity contribution in [2.45, 2.75) is 12.7 Å². The van der Waals surface area contributed by atoms with Crippen LogP contribution in [0.3, 0.4) is 0 Å². The fourth-order valence-corrected chi connectivity index (χ4v) is 2.05. The van der Waals surface area contributed by atoms with Gasteiger partial charge in [-0.05, 0) is 31.3 Å². The van der Waals surface area contributed by atoms with Gasteiger partial charge in [-0.15, -0.1) is 0 Å². The summed E-state index contributed by atoms with van der Waals surface area (Å²) in [6, 6.07) is 5.77. The number of anilines is 1. The van der Waals surface area contributed by atoms with E-state index in [0.29, 0.717) is 18.9 Å². The van der Waals surface area contributed by atoms with Crippen LogP contribution in [0.15, 0.2) is 24.3 Å². The molecule has 2 N–H and O–H groups in total. The van der Waals surface area contributed by atoms with E-state index in [2.05, 4.69) is 15.4 Å². The van der Waals surface area contributed by atoms with Gasteiger partial charge in [0, 0.05) is 11.7 Å². The van der Waals surface area contributed by atoms with Crippen LogP contribution in [0, 0.1) is 5.92 Å². The zero-order valence-corrected chi connectivity index (χ0v) is 10.9. The highest BCUT2D eigenvalue weighted by Crippen LogP contribution is 2.20. The molecule has 0 spiro atoms. The Kier molecular flexibility index (Phi) is 4.86. The van der Waals surface area contributed by atoms with Crippen LogP contribution in [0.1, 0.15) is 0 Å². The lowest BCUT2D eigenvalue weighted by atomic mass is 10.0. The van der Waals surface area contributed by atoms with Crippen LogP contribution in [0.5, 0.6) is 5.75 Å². The number of likely N-dealkylation sites (N-methyl/N-ethyl adjacent to an activating group) is 1. The summed E-state index contributed by atoms with van der Waals surface area (Å²) in [6.07, 6.45) is 0. The molecular weight excluding hydrogens is 270 g/mol. The predicted octanol–water partition coefficient (Wildman–Crippen LogP) is 1.46. The third-order valence-corrected chi connectivity index (χ3v) is 3.14. The van der Waals surface area contributed by atoms with Crippen LogP contribution in [0.2, 0.25) is 0 Å². The molecule has 2 atom stereocenters. The Morgan fingerprint density at radius 2 is 2.05 bits per heavy atom. The molecule has 20 heavy (non-hydrogen) atoms. The van der Waals surface area contributed by atoms with Gasteiger partial charge in [-0.3, -0.25) is 4.79 Å². The highest BCUT2D eigenvalue weighted by atomic mass is 19.3. The van der Waals surface area contributed by atoms with Crippen molar-refractivity contribution >= 4 is 11.6 Å².